The molecule has 1 aromatic rings. The molecule has 100 valence electrons. The van der Waals surface area contributed by atoms with Gasteiger partial charge in [-0.25, -0.2) is 8.78 Å². The molecule has 0 atom stereocenters. The highest BCUT2D eigenvalue weighted by Gasteiger charge is 2.28. The molecule has 0 bridgehead atoms. The van der Waals surface area contributed by atoms with Crippen molar-refractivity contribution in [3.63, 3.8) is 0 Å². The Morgan fingerprint density at radius 1 is 1.50 bits per heavy atom. The Morgan fingerprint density at radius 2 is 2.22 bits per heavy atom. The number of alkyl halides is 2. The Labute approximate surface area is 109 Å². The minimum atomic E-state index is -3.29. The summed E-state index contributed by atoms with van der Waals surface area (Å²) >= 11 is 1.61. The SMILES string of the molecule is CSCc1cccc(C(=O)NCC(F)(F)CO)c1. The number of hydrogen-bond donors (Lipinski definition) is 2. The summed E-state index contributed by atoms with van der Waals surface area (Å²) in [7, 11) is 0. The number of aliphatic hydroxyl groups is 1. The number of aliphatic hydroxyl groups excluding tert-OH is 1. The number of nitrogens with one attached hydrogen (secondary N) is 1. The lowest BCUT2D eigenvalue weighted by molar-refractivity contribution is -0.0462. The highest BCUT2D eigenvalue weighted by Crippen LogP contribution is 2.13. The predicted molar refractivity (Wildman–Crippen MR) is 68.0 cm³/mol. The van der Waals surface area contributed by atoms with Gasteiger partial charge in [-0.05, 0) is 24.0 Å². The predicted octanol–water partition coefficient (Wildman–Crippen LogP) is 1.91. The molecule has 0 heterocycles. The van der Waals surface area contributed by atoms with Gasteiger partial charge < -0.3 is 10.4 Å². The average Bonchev–Trinajstić information content (AvgIpc) is 2.37. The second kappa shape index (κ2) is 6.70. The quantitative estimate of drug-likeness (QED) is 0.833. The van der Waals surface area contributed by atoms with Gasteiger partial charge >= 0.3 is 0 Å². The first-order chi connectivity index (χ1) is 8.48. The zero-order valence-corrected chi connectivity index (χ0v) is 10.8. The van der Waals surface area contributed by atoms with E-state index >= 15 is 0 Å². The monoisotopic (exact) mass is 275 g/mol. The van der Waals surface area contributed by atoms with Crippen LogP contribution in [0.5, 0.6) is 0 Å². The summed E-state index contributed by atoms with van der Waals surface area (Å²) in [6.07, 6.45) is 1.94. The molecule has 6 heteroatoms. The molecule has 0 radical (unpaired) electrons. The number of carbonyl (C=O) groups is 1. The first-order valence-corrected chi connectivity index (χ1v) is 6.72. The minimum Gasteiger partial charge on any atom is -0.390 e. The van der Waals surface area contributed by atoms with Crippen molar-refractivity contribution >= 4 is 17.7 Å². The van der Waals surface area contributed by atoms with Crippen LogP contribution >= 0.6 is 11.8 Å². The maximum atomic E-state index is 12.8. The van der Waals surface area contributed by atoms with Crippen LogP contribution in [0.15, 0.2) is 24.3 Å². The van der Waals surface area contributed by atoms with E-state index in [4.69, 9.17) is 5.11 Å². The molecule has 2 N–H and O–H groups in total. The summed E-state index contributed by atoms with van der Waals surface area (Å²) in [6.45, 7) is -2.14. The summed E-state index contributed by atoms with van der Waals surface area (Å²) in [5.41, 5.74) is 1.30. The number of amides is 1. The van der Waals surface area contributed by atoms with Gasteiger partial charge in [0.1, 0.15) is 6.61 Å². The Morgan fingerprint density at radius 3 is 2.83 bits per heavy atom. The summed E-state index contributed by atoms with van der Waals surface area (Å²) in [6, 6.07) is 6.82. The van der Waals surface area contributed by atoms with Crippen LogP contribution in [0.3, 0.4) is 0 Å². The largest absolute Gasteiger partial charge is 0.390 e. The number of hydrogen-bond acceptors (Lipinski definition) is 3. The lowest BCUT2D eigenvalue weighted by Crippen LogP contribution is -2.38. The Bertz CT molecular complexity index is 413. The minimum absolute atomic E-state index is 0.343. The molecular weight excluding hydrogens is 260 g/mol. The van der Waals surface area contributed by atoms with E-state index in [1.165, 1.54) is 0 Å². The summed E-state index contributed by atoms with van der Waals surface area (Å²) in [5, 5.41) is 10.5. The third kappa shape index (κ3) is 4.62. The van der Waals surface area contributed by atoms with Crippen LogP contribution < -0.4 is 5.32 Å². The number of benzene rings is 1. The van der Waals surface area contributed by atoms with Crippen molar-refractivity contribution in [2.24, 2.45) is 0 Å². The highest BCUT2D eigenvalue weighted by atomic mass is 32.2. The van der Waals surface area contributed by atoms with Crippen molar-refractivity contribution in [2.45, 2.75) is 11.7 Å². The van der Waals surface area contributed by atoms with E-state index in [-0.39, 0.29) is 0 Å². The van der Waals surface area contributed by atoms with Crippen molar-refractivity contribution in [1.29, 1.82) is 0 Å². The number of rotatable bonds is 6. The molecule has 0 saturated heterocycles. The topological polar surface area (TPSA) is 49.3 Å². The standard InChI is InChI=1S/C12H15F2NO2S/c1-18-6-9-3-2-4-10(5-9)11(17)15-7-12(13,14)8-16/h2-5,16H,6-8H2,1H3,(H,15,17). The van der Waals surface area contributed by atoms with Crippen molar-refractivity contribution in [2.75, 3.05) is 19.4 Å². The fourth-order valence-electron chi connectivity index (χ4n) is 1.34. The summed E-state index contributed by atoms with van der Waals surface area (Å²) in [5.74, 6) is -3.09. The van der Waals surface area contributed by atoms with Gasteiger partial charge in [0, 0.05) is 11.3 Å². The zero-order chi connectivity index (χ0) is 13.6. The van der Waals surface area contributed by atoms with Crippen LogP contribution in [0.25, 0.3) is 0 Å². The van der Waals surface area contributed by atoms with Crippen LogP contribution in [0, 0.1) is 0 Å². The van der Waals surface area contributed by atoms with Gasteiger partial charge in [0.15, 0.2) is 0 Å². The molecule has 0 saturated carbocycles. The van der Waals surface area contributed by atoms with Crippen molar-refractivity contribution < 1.29 is 18.7 Å². The molecule has 3 nitrogen and oxygen atoms in total. The molecule has 0 aliphatic heterocycles. The van der Waals surface area contributed by atoms with Gasteiger partial charge in [0.2, 0.25) is 0 Å². The number of halogens is 2. The van der Waals surface area contributed by atoms with Gasteiger partial charge in [-0.15, -0.1) is 0 Å². The third-order valence-corrected chi connectivity index (χ3v) is 2.86. The molecule has 18 heavy (non-hydrogen) atoms. The molecule has 1 aromatic carbocycles. The third-order valence-electron chi connectivity index (χ3n) is 2.24. The van der Waals surface area contributed by atoms with Crippen molar-refractivity contribution in [3.8, 4) is 0 Å². The van der Waals surface area contributed by atoms with E-state index < -0.39 is 25.0 Å². The molecular formula is C12H15F2NO2S. The van der Waals surface area contributed by atoms with Crippen LogP contribution in [0.4, 0.5) is 8.78 Å². The Hall–Kier alpha value is -1.14. The normalized spacial score (nSPS) is 11.3. The number of carbonyl (C=O) groups excluding carboxylic acids is 1. The van der Waals surface area contributed by atoms with E-state index in [1.807, 2.05) is 12.3 Å². The van der Waals surface area contributed by atoms with E-state index in [2.05, 4.69) is 5.32 Å². The van der Waals surface area contributed by atoms with Gasteiger partial charge in [0.25, 0.3) is 11.8 Å². The van der Waals surface area contributed by atoms with E-state index in [9.17, 15) is 13.6 Å². The smallest absolute Gasteiger partial charge is 0.287 e. The van der Waals surface area contributed by atoms with Crippen molar-refractivity contribution in [1.82, 2.24) is 5.32 Å². The zero-order valence-electron chi connectivity index (χ0n) is 9.95. The average molecular weight is 275 g/mol. The molecule has 0 aliphatic carbocycles. The van der Waals surface area contributed by atoms with Crippen LogP contribution in [-0.4, -0.2) is 36.3 Å². The lowest BCUT2D eigenvalue weighted by Gasteiger charge is -2.14. The number of thioether (sulfide) groups is 1. The molecule has 1 amide bonds. The molecule has 1 rings (SSSR count). The van der Waals surface area contributed by atoms with E-state index in [0.717, 1.165) is 11.3 Å². The van der Waals surface area contributed by atoms with Crippen LogP contribution in [0.2, 0.25) is 0 Å². The second-order valence-corrected chi connectivity index (χ2v) is 4.70. The fraction of sp³-hybridized carbons (Fsp3) is 0.417. The van der Waals surface area contributed by atoms with E-state index in [1.54, 1.807) is 30.0 Å². The first kappa shape index (κ1) is 14.9. The maximum absolute atomic E-state index is 12.8. The Balaban J connectivity index is 2.64. The highest BCUT2D eigenvalue weighted by molar-refractivity contribution is 7.97. The summed E-state index contributed by atoms with van der Waals surface area (Å²) < 4.78 is 25.5. The molecule has 0 aromatic heterocycles. The van der Waals surface area contributed by atoms with Gasteiger partial charge in [-0.3, -0.25) is 4.79 Å². The molecule has 0 unspecified atom stereocenters. The molecule has 0 fully saturated rings. The second-order valence-electron chi connectivity index (χ2n) is 3.83. The summed E-state index contributed by atoms with van der Waals surface area (Å²) in [4.78, 5) is 11.6. The van der Waals surface area contributed by atoms with Gasteiger partial charge in [-0.2, -0.15) is 11.8 Å². The van der Waals surface area contributed by atoms with Crippen LogP contribution in [0.1, 0.15) is 15.9 Å². The fourth-order valence-corrected chi connectivity index (χ4v) is 1.85. The maximum Gasteiger partial charge on any atom is 0.287 e. The Kier molecular flexibility index (Phi) is 5.55. The molecule has 0 aliphatic rings. The van der Waals surface area contributed by atoms with Gasteiger partial charge in [-0.1, -0.05) is 12.1 Å². The van der Waals surface area contributed by atoms with Gasteiger partial charge in [0.05, 0.1) is 6.54 Å². The lowest BCUT2D eigenvalue weighted by atomic mass is 10.1. The first-order valence-electron chi connectivity index (χ1n) is 5.33. The van der Waals surface area contributed by atoms with Crippen molar-refractivity contribution in [3.05, 3.63) is 35.4 Å². The van der Waals surface area contributed by atoms with E-state index in [0.29, 0.717) is 5.56 Å². The molecule has 0 spiro atoms. The van der Waals surface area contributed by atoms with Crippen LogP contribution in [-0.2, 0) is 5.75 Å².